The average molecular weight is 622 g/mol. The summed E-state index contributed by atoms with van der Waals surface area (Å²) in [5.74, 6) is 0.0493. The first-order valence-electron chi connectivity index (χ1n) is 10.9. The lowest BCUT2D eigenvalue weighted by atomic mass is 9.95. The molecule has 0 unspecified atom stereocenters. The highest BCUT2D eigenvalue weighted by Gasteiger charge is 2.35. The maximum absolute atomic E-state index is 13.7. The van der Waals surface area contributed by atoms with Crippen molar-refractivity contribution < 1.29 is 19.4 Å². The van der Waals surface area contributed by atoms with Crippen LogP contribution < -0.4 is 19.6 Å². The molecule has 0 aliphatic carbocycles. The minimum Gasteiger partial charge on any atom is -0.506 e. The van der Waals surface area contributed by atoms with Crippen molar-refractivity contribution in [3.05, 3.63) is 87.4 Å². The van der Waals surface area contributed by atoms with Crippen LogP contribution in [0.5, 0.6) is 11.5 Å². The van der Waals surface area contributed by atoms with Crippen molar-refractivity contribution in [2.45, 2.75) is 26.8 Å². The normalized spacial score (nSPS) is 15.6. The summed E-state index contributed by atoms with van der Waals surface area (Å²) in [5.41, 5.74) is 1.54. The fourth-order valence-corrected chi connectivity index (χ4v) is 6.21. The fraction of sp³-hybridized carbons (Fsp3) is 0.240. The van der Waals surface area contributed by atoms with E-state index in [1.165, 1.54) is 15.9 Å². The van der Waals surface area contributed by atoms with Crippen LogP contribution in [-0.2, 0) is 9.53 Å². The third-order valence-corrected chi connectivity index (χ3v) is 7.42. The van der Waals surface area contributed by atoms with E-state index in [0.29, 0.717) is 43.0 Å². The number of carbonyl (C=O) groups is 1. The molecule has 7 nitrogen and oxygen atoms in total. The SMILES string of the molecule is CCOC(=O)C1=C(C)N=c2s/c(=C\c3cc(Br)cc(Br)c3O)c(=O)n2[C@@H]1c1ccccc1OCC. The van der Waals surface area contributed by atoms with Crippen LogP contribution in [0, 0.1) is 0 Å². The second-order valence-corrected chi connectivity index (χ2v) is 10.4. The number of aromatic hydroxyl groups is 1. The molecule has 0 spiro atoms. The number of nitrogens with zero attached hydrogens (tertiary/aromatic N) is 2. The van der Waals surface area contributed by atoms with Crippen molar-refractivity contribution >= 4 is 55.2 Å². The van der Waals surface area contributed by atoms with Gasteiger partial charge < -0.3 is 14.6 Å². The molecule has 1 N–H and O–H groups in total. The van der Waals surface area contributed by atoms with Gasteiger partial charge in [-0.05, 0) is 61.0 Å². The molecule has 0 amide bonds. The molecule has 1 aromatic heterocycles. The first-order chi connectivity index (χ1) is 16.8. The molecule has 1 atom stereocenters. The van der Waals surface area contributed by atoms with Gasteiger partial charge in [0.15, 0.2) is 4.80 Å². The molecule has 10 heteroatoms. The quantitative estimate of drug-likeness (QED) is 0.412. The van der Waals surface area contributed by atoms with Crippen LogP contribution in [0.1, 0.15) is 37.9 Å². The third-order valence-electron chi connectivity index (χ3n) is 5.37. The van der Waals surface area contributed by atoms with Crippen molar-refractivity contribution in [1.29, 1.82) is 0 Å². The molecule has 1 aliphatic heterocycles. The summed E-state index contributed by atoms with van der Waals surface area (Å²) in [5, 5.41) is 10.5. The Kier molecular flexibility index (Phi) is 7.63. The Labute approximate surface area is 222 Å². The van der Waals surface area contributed by atoms with Gasteiger partial charge in [0.25, 0.3) is 5.56 Å². The van der Waals surface area contributed by atoms with Crippen molar-refractivity contribution in [1.82, 2.24) is 4.57 Å². The number of hydrogen-bond acceptors (Lipinski definition) is 7. The van der Waals surface area contributed by atoms with Gasteiger partial charge in [0.1, 0.15) is 17.5 Å². The molecule has 0 fully saturated rings. The minimum atomic E-state index is -0.780. The molecule has 35 heavy (non-hydrogen) atoms. The summed E-state index contributed by atoms with van der Waals surface area (Å²) in [6.45, 7) is 5.95. The largest absolute Gasteiger partial charge is 0.506 e. The lowest BCUT2D eigenvalue weighted by molar-refractivity contribution is -0.139. The Morgan fingerprint density at radius 2 is 1.97 bits per heavy atom. The zero-order valence-electron chi connectivity index (χ0n) is 19.2. The van der Waals surface area contributed by atoms with Crippen molar-refractivity contribution in [3.8, 4) is 11.5 Å². The Balaban J connectivity index is 2.01. The van der Waals surface area contributed by atoms with Gasteiger partial charge in [0.2, 0.25) is 0 Å². The molecule has 182 valence electrons. The van der Waals surface area contributed by atoms with E-state index in [9.17, 15) is 14.7 Å². The molecule has 3 aromatic rings. The van der Waals surface area contributed by atoms with Gasteiger partial charge in [-0.3, -0.25) is 9.36 Å². The highest BCUT2D eigenvalue weighted by Crippen LogP contribution is 2.36. The van der Waals surface area contributed by atoms with Gasteiger partial charge >= 0.3 is 5.97 Å². The van der Waals surface area contributed by atoms with Crippen LogP contribution in [0.4, 0.5) is 0 Å². The second-order valence-electron chi connectivity index (χ2n) is 7.60. The maximum atomic E-state index is 13.7. The molecule has 0 saturated carbocycles. The predicted molar refractivity (Wildman–Crippen MR) is 142 cm³/mol. The Bertz CT molecular complexity index is 1520. The van der Waals surface area contributed by atoms with E-state index in [4.69, 9.17) is 9.47 Å². The van der Waals surface area contributed by atoms with Gasteiger partial charge in [-0.2, -0.15) is 0 Å². The molecule has 0 saturated heterocycles. The maximum Gasteiger partial charge on any atom is 0.338 e. The molecule has 0 bridgehead atoms. The summed E-state index contributed by atoms with van der Waals surface area (Å²) < 4.78 is 14.3. The van der Waals surface area contributed by atoms with Crippen LogP contribution in [0.25, 0.3) is 6.08 Å². The summed E-state index contributed by atoms with van der Waals surface area (Å²) in [6.07, 6.45) is 1.61. The van der Waals surface area contributed by atoms with Crippen molar-refractivity contribution in [3.63, 3.8) is 0 Å². The van der Waals surface area contributed by atoms with E-state index >= 15 is 0 Å². The number of para-hydroxylation sites is 1. The number of ether oxygens (including phenoxy) is 2. The van der Waals surface area contributed by atoms with Crippen LogP contribution in [0.2, 0.25) is 0 Å². The van der Waals surface area contributed by atoms with Crippen molar-refractivity contribution in [2.24, 2.45) is 4.99 Å². The zero-order valence-corrected chi connectivity index (χ0v) is 23.2. The summed E-state index contributed by atoms with van der Waals surface area (Å²) in [6, 6.07) is 9.98. The Hall–Kier alpha value is -2.69. The first-order valence-corrected chi connectivity index (χ1v) is 13.3. The van der Waals surface area contributed by atoms with Gasteiger partial charge in [-0.15, -0.1) is 0 Å². The molecule has 4 rings (SSSR count). The number of allylic oxidation sites excluding steroid dienone is 1. The number of carbonyl (C=O) groups excluding carboxylic acids is 1. The number of halogens is 2. The van der Waals surface area contributed by atoms with E-state index in [1.54, 1.807) is 32.1 Å². The summed E-state index contributed by atoms with van der Waals surface area (Å²) in [7, 11) is 0. The van der Waals surface area contributed by atoms with E-state index in [0.717, 1.165) is 4.47 Å². The first kappa shape index (κ1) is 25.4. The minimum absolute atomic E-state index is 0.0145. The number of thiazole rings is 1. The number of esters is 1. The zero-order chi connectivity index (χ0) is 25.3. The highest BCUT2D eigenvalue weighted by molar-refractivity contribution is 9.11. The topological polar surface area (TPSA) is 90.1 Å². The van der Waals surface area contributed by atoms with Crippen molar-refractivity contribution in [2.75, 3.05) is 13.2 Å². The van der Waals surface area contributed by atoms with Crippen LogP contribution in [0.3, 0.4) is 0 Å². The van der Waals surface area contributed by atoms with Crippen LogP contribution >= 0.6 is 43.2 Å². The average Bonchev–Trinajstić information content (AvgIpc) is 3.11. The molecule has 0 radical (unpaired) electrons. The number of phenols is 1. The second kappa shape index (κ2) is 10.5. The van der Waals surface area contributed by atoms with E-state index in [-0.39, 0.29) is 23.5 Å². The fourth-order valence-electron chi connectivity index (χ4n) is 3.92. The molecule has 2 aromatic carbocycles. The van der Waals surface area contributed by atoms with Crippen LogP contribution in [0.15, 0.2) is 66.4 Å². The summed E-state index contributed by atoms with van der Waals surface area (Å²) in [4.78, 5) is 31.8. The number of benzene rings is 2. The van der Waals surface area contributed by atoms with E-state index < -0.39 is 12.0 Å². The molecule has 1 aliphatic rings. The number of phenolic OH excluding ortho intramolecular Hbond substituents is 1. The smallest absolute Gasteiger partial charge is 0.338 e. The van der Waals surface area contributed by atoms with Gasteiger partial charge in [0.05, 0.1) is 33.5 Å². The predicted octanol–water partition coefficient (Wildman–Crippen LogP) is 4.43. The lowest BCUT2D eigenvalue weighted by Crippen LogP contribution is -2.40. The highest BCUT2D eigenvalue weighted by atomic mass is 79.9. The summed E-state index contributed by atoms with van der Waals surface area (Å²) >= 11 is 7.92. The van der Waals surface area contributed by atoms with E-state index in [1.807, 2.05) is 31.2 Å². The third kappa shape index (κ3) is 4.87. The lowest BCUT2D eigenvalue weighted by Gasteiger charge is -2.26. The molecular formula is C25H22Br2N2O5S. The van der Waals surface area contributed by atoms with Gasteiger partial charge in [0, 0.05) is 15.6 Å². The number of hydrogen-bond donors (Lipinski definition) is 1. The molecular weight excluding hydrogens is 600 g/mol. The monoisotopic (exact) mass is 620 g/mol. The Morgan fingerprint density at radius 3 is 2.69 bits per heavy atom. The standard InChI is InChI=1S/C25H22Br2N2O5S/c1-4-33-18-9-7-6-8-16(18)21-20(24(32)34-5-2)13(3)28-25-29(21)23(31)19(35-25)11-14-10-15(26)12-17(27)22(14)30/h6-12,21,30H,4-5H2,1-3H3/b19-11-/t21-/m1/s1. The van der Waals surface area contributed by atoms with Gasteiger partial charge in [-0.1, -0.05) is 45.5 Å². The molecule has 2 heterocycles. The van der Waals surface area contributed by atoms with Crippen LogP contribution in [-0.4, -0.2) is 28.9 Å². The number of rotatable bonds is 6. The van der Waals surface area contributed by atoms with E-state index in [2.05, 4.69) is 36.9 Å². The Morgan fingerprint density at radius 1 is 1.23 bits per heavy atom. The van der Waals surface area contributed by atoms with Gasteiger partial charge in [-0.25, -0.2) is 9.79 Å². The number of aromatic nitrogens is 1. The number of fused-ring (bicyclic) bond motifs is 1.